The van der Waals surface area contributed by atoms with Gasteiger partial charge < -0.3 is 10.6 Å². The van der Waals surface area contributed by atoms with Gasteiger partial charge in [-0.25, -0.2) is 0 Å². The standard InChI is InChI=1S/C10H18N4S/c1-3-6-11-10(15)12-8-9-5-7-14(4-2)13-9/h5,7H,3-4,6,8H2,1-2H3,(H2,11,12,15). The van der Waals surface area contributed by atoms with Gasteiger partial charge in [-0.15, -0.1) is 0 Å². The summed E-state index contributed by atoms with van der Waals surface area (Å²) in [5, 5.41) is 11.3. The third-order valence-corrected chi connectivity index (χ3v) is 2.27. The number of nitrogens with zero attached hydrogens (tertiary/aromatic N) is 2. The van der Waals surface area contributed by atoms with Crippen LogP contribution in [0.1, 0.15) is 26.0 Å². The van der Waals surface area contributed by atoms with Gasteiger partial charge in [0.2, 0.25) is 0 Å². The van der Waals surface area contributed by atoms with E-state index in [1.165, 1.54) is 0 Å². The molecule has 0 amide bonds. The van der Waals surface area contributed by atoms with E-state index in [2.05, 4.69) is 29.6 Å². The second kappa shape index (κ2) is 6.40. The predicted molar refractivity (Wildman–Crippen MR) is 65.6 cm³/mol. The number of thiocarbonyl (C=S) groups is 1. The fraction of sp³-hybridized carbons (Fsp3) is 0.600. The Hall–Kier alpha value is -1.10. The predicted octanol–water partition coefficient (Wildman–Crippen LogP) is 1.28. The molecule has 0 saturated carbocycles. The second-order valence-electron chi connectivity index (χ2n) is 3.27. The smallest absolute Gasteiger partial charge is 0.166 e. The average Bonchev–Trinajstić information content (AvgIpc) is 2.71. The van der Waals surface area contributed by atoms with Gasteiger partial charge in [-0.1, -0.05) is 6.92 Å². The Labute approximate surface area is 96.1 Å². The molecule has 0 unspecified atom stereocenters. The summed E-state index contributed by atoms with van der Waals surface area (Å²) < 4.78 is 1.90. The molecule has 1 rings (SSSR count). The molecule has 0 saturated heterocycles. The van der Waals surface area contributed by atoms with Crippen molar-refractivity contribution in [2.75, 3.05) is 6.54 Å². The number of nitrogens with one attached hydrogen (secondary N) is 2. The van der Waals surface area contributed by atoms with Crippen LogP contribution in [-0.4, -0.2) is 21.4 Å². The molecule has 0 fully saturated rings. The van der Waals surface area contributed by atoms with E-state index in [9.17, 15) is 0 Å². The van der Waals surface area contributed by atoms with E-state index in [-0.39, 0.29) is 0 Å². The van der Waals surface area contributed by atoms with Gasteiger partial charge in [0, 0.05) is 19.3 Å². The van der Waals surface area contributed by atoms with Crippen molar-refractivity contribution in [3.05, 3.63) is 18.0 Å². The molecule has 1 aromatic heterocycles. The van der Waals surface area contributed by atoms with E-state index in [1.54, 1.807) is 0 Å². The molecule has 5 heteroatoms. The van der Waals surface area contributed by atoms with E-state index in [0.717, 1.165) is 25.2 Å². The molecule has 0 atom stereocenters. The fourth-order valence-electron chi connectivity index (χ4n) is 1.15. The average molecular weight is 226 g/mol. The van der Waals surface area contributed by atoms with Gasteiger partial charge in [0.25, 0.3) is 0 Å². The summed E-state index contributed by atoms with van der Waals surface area (Å²) in [6, 6.07) is 2.00. The van der Waals surface area contributed by atoms with Crippen LogP contribution in [0, 0.1) is 0 Å². The molecular weight excluding hydrogens is 208 g/mol. The zero-order chi connectivity index (χ0) is 11.1. The number of aromatic nitrogens is 2. The molecule has 0 aromatic carbocycles. The highest BCUT2D eigenvalue weighted by molar-refractivity contribution is 7.80. The first-order valence-corrected chi connectivity index (χ1v) is 5.71. The molecule has 2 N–H and O–H groups in total. The summed E-state index contributed by atoms with van der Waals surface area (Å²) >= 11 is 5.10. The first-order chi connectivity index (χ1) is 7.26. The molecule has 4 nitrogen and oxygen atoms in total. The third-order valence-electron chi connectivity index (χ3n) is 1.99. The Morgan fingerprint density at radius 1 is 1.47 bits per heavy atom. The maximum Gasteiger partial charge on any atom is 0.166 e. The van der Waals surface area contributed by atoms with Gasteiger partial charge in [-0.05, 0) is 31.6 Å². The minimum Gasteiger partial charge on any atom is -0.363 e. The molecule has 0 bridgehead atoms. The van der Waals surface area contributed by atoms with E-state index >= 15 is 0 Å². The fourth-order valence-corrected chi connectivity index (χ4v) is 1.32. The first kappa shape index (κ1) is 12.0. The number of hydrogen-bond donors (Lipinski definition) is 2. The highest BCUT2D eigenvalue weighted by Crippen LogP contribution is 1.94. The summed E-state index contributed by atoms with van der Waals surface area (Å²) in [4.78, 5) is 0. The van der Waals surface area contributed by atoms with Crippen molar-refractivity contribution in [1.29, 1.82) is 0 Å². The molecule has 0 radical (unpaired) electrons. The first-order valence-electron chi connectivity index (χ1n) is 5.30. The minimum atomic E-state index is 0.683. The van der Waals surface area contributed by atoms with Gasteiger partial charge in [-0.2, -0.15) is 5.10 Å². The van der Waals surface area contributed by atoms with Crippen LogP contribution in [0.4, 0.5) is 0 Å². The van der Waals surface area contributed by atoms with Crippen LogP contribution in [0.25, 0.3) is 0 Å². The Morgan fingerprint density at radius 2 is 2.27 bits per heavy atom. The van der Waals surface area contributed by atoms with Crippen LogP contribution in [0.5, 0.6) is 0 Å². The monoisotopic (exact) mass is 226 g/mol. The highest BCUT2D eigenvalue weighted by Gasteiger charge is 1.98. The molecule has 1 heterocycles. The maximum atomic E-state index is 5.10. The van der Waals surface area contributed by atoms with Gasteiger partial charge in [0.15, 0.2) is 5.11 Å². The molecule has 0 aliphatic carbocycles. The Kier molecular flexibility index (Phi) is 5.10. The van der Waals surface area contributed by atoms with Crippen molar-refractivity contribution < 1.29 is 0 Å². The molecule has 0 aliphatic rings. The van der Waals surface area contributed by atoms with Crippen molar-refractivity contribution in [2.45, 2.75) is 33.4 Å². The molecule has 0 spiro atoms. The summed E-state index contributed by atoms with van der Waals surface area (Å²) in [5.74, 6) is 0. The van der Waals surface area contributed by atoms with Crippen LogP contribution in [0.2, 0.25) is 0 Å². The number of hydrogen-bond acceptors (Lipinski definition) is 2. The molecule has 0 aliphatic heterocycles. The Balaban J connectivity index is 2.27. The van der Waals surface area contributed by atoms with Crippen molar-refractivity contribution in [3.8, 4) is 0 Å². The lowest BCUT2D eigenvalue weighted by Gasteiger charge is -2.07. The van der Waals surface area contributed by atoms with Gasteiger partial charge >= 0.3 is 0 Å². The number of aryl methyl sites for hydroxylation is 1. The van der Waals surface area contributed by atoms with E-state index in [4.69, 9.17) is 12.2 Å². The van der Waals surface area contributed by atoms with Gasteiger partial charge in [-0.3, -0.25) is 4.68 Å². The van der Waals surface area contributed by atoms with Crippen LogP contribution in [0.3, 0.4) is 0 Å². The maximum absolute atomic E-state index is 5.10. The van der Waals surface area contributed by atoms with Crippen LogP contribution in [-0.2, 0) is 13.1 Å². The second-order valence-corrected chi connectivity index (χ2v) is 3.68. The van der Waals surface area contributed by atoms with Crippen molar-refractivity contribution >= 4 is 17.3 Å². The lowest BCUT2D eigenvalue weighted by Crippen LogP contribution is -2.35. The Morgan fingerprint density at radius 3 is 2.87 bits per heavy atom. The topological polar surface area (TPSA) is 41.9 Å². The van der Waals surface area contributed by atoms with Crippen LogP contribution < -0.4 is 10.6 Å². The quantitative estimate of drug-likeness (QED) is 0.742. The summed E-state index contributed by atoms with van der Waals surface area (Å²) in [6.07, 6.45) is 3.05. The van der Waals surface area contributed by atoms with Gasteiger partial charge in [0.1, 0.15) is 0 Å². The molecule has 1 aromatic rings. The van der Waals surface area contributed by atoms with E-state index in [0.29, 0.717) is 11.7 Å². The van der Waals surface area contributed by atoms with E-state index in [1.807, 2.05) is 16.9 Å². The molecule has 15 heavy (non-hydrogen) atoms. The van der Waals surface area contributed by atoms with Crippen LogP contribution in [0.15, 0.2) is 12.3 Å². The summed E-state index contributed by atoms with van der Waals surface area (Å²) in [7, 11) is 0. The van der Waals surface area contributed by atoms with Gasteiger partial charge in [0.05, 0.1) is 12.2 Å². The normalized spacial score (nSPS) is 10.0. The van der Waals surface area contributed by atoms with Crippen molar-refractivity contribution in [3.63, 3.8) is 0 Å². The zero-order valence-corrected chi connectivity index (χ0v) is 10.1. The van der Waals surface area contributed by atoms with E-state index < -0.39 is 0 Å². The summed E-state index contributed by atoms with van der Waals surface area (Å²) in [5.41, 5.74) is 1.01. The van der Waals surface area contributed by atoms with Crippen LogP contribution >= 0.6 is 12.2 Å². The molecular formula is C10H18N4S. The lowest BCUT2D eigenvalue weighted by atomic mass is 10.4. The largest absolute Gasteiger partial charge is 0.363 e. The zero-order valence-electron chi connectivity index (χ0n) is 9.29. The third kappa shape index (κ3) is 4.29. The van der Waals surface area contributed by atoms with Crippen molar-refractivity contribution in [1.82, 2.24) is 20.4 Å². The SMILES string of the molecule is CCCNC(=S)NCc1ccn(CC)n1. The lowest BCUT2D eigenvalue weighted by molar-refractivity contribution is 0.642. The molecule has 84 valence electrons. The van der Waals surface area contributed by atoms with Crippen molar-refractivity contribution in [2.24, 2.45) is 0 Å². The Bertz CT molecular complexity index is 308. The number of rotatable bonds is 5. The highest BCUT2D eigenvalue weighted by atomic mass is 32.1. The summed E-state index contributed by atoms with van der Waals surface area (Å²) in [6.45, 7) is 6.67. The minimum absolute atomic E-state index is 0.683.